The smallest absolute Gasteiger partial charge is 0.289 e. The predicted octanol–water partition coefficient (Wildman–Crippen LogP) is 0.892. The number of aromatic nitrogens is 3. The molecule has 0 saturated carbocycles. The van der Waals surface area contributed by atoms with Gasteiger partial charge in [0, 0.05) is 44.2 Å². The van der Waals surface area contributed by atoms with Crippen molar-refractivity contribution >= 4 is 17.5 Å². The summed E-state index contributed by atoms with van der Waals surface area (Å²) in [6, 6.07) is 4.79. The second-order valence-electron chi connectivity index (χ2n) is 6.81. The zero-order valence-electron chi connectivity index (χ0n) is 15.2. The fourth-order valence-electron chi connectivity index (χ4n) is 3.38. The molecule has 146 valence electrons. The first-order valence-electron chi connectivity index (χ1n) is 9.23. The Morgan fingerprint density at radius 3 is 3.07 bits per heavy atom. The van der Waals surface area contributed by atoms with Crippen LogP contribution in [-0.2, 0) is 6.42 Å². The molecule has 3 aromatic rings. The number of carbonyl (C=O) groups excluding carboxylic acids is 2. The van der Waals surface area contributed by atoms with Crippen LogP contribution in [0.25, 0.3) is 5.65 Å². The van der Waals surface area contributed by atoms with Crippen LogP contribution in [0.4, 0.5) is 0 Å². The molecular formula is C19H21N5O4. The van der Waals surface area contributed by atoms with Crippen LogP contribution in [0, 0.1) is 0 Å². The number of likely N-dealkylation sites (tertiary alicyclic amines) is 1. The lowest BCUT2D eigenvalue weighted by atomic mass is 10.1. The quantitative estimate of drug-likeness (QED) is 0.677. The first-order chi connectivity index (χ1) is 13.6. The first kappa shape index (κ1) is 18.2. The summed E-state index contributed by atoms with van der Waals surface area (Å²) in [5.41, 5.74) is 1.66. The lowest BCUT2D eigenvalue weighted by molar-refractivity contribution is 0.0646. The summed E-state index contributed by atoms with van der Waals surface area (Å²) in [5, 5.41) is 16.3. The van der Waals surface area contributed by atoms with Crippen LogP contribution in [-0.4, -0.2) is 62.2 Å². The third-order valence-corrected chi connectivity index (χ3v) is 4.78. The van der Waals surface area contributed by atoms with Crippen molar-refractivity contribution in [3.8, 4) is 0 Å². The van der Waals surface area contributed by atoms with E-state index in [4.69, 9.17) is 9.52 Å². The molecule has 0 aromatic carbocycles. The van der Waals surface area contributed by atoms with E-state index in [1.54, 1.807) is 35.5 Å². The first-order valence-corrected chi connectivity index (χ1v) is 9.23. The minimum Gasteiger partial charge on any atom is -0.459 e. The van der Waals surface area contributed by atoms with Crippen LogP contribution in [0.3, 0.4) is 0 Å². The molecule has 0 radical (unpaired) electrons. The van der Waals surface area contributed by atoms with Gasteiger partial charge in [-0.1, -0.05) is 0 Å². The highest BCUT2D eigenvalue weighted by atomic mass is 16.3. The van der Waals surface area contributed by atoms with Gasteiger partial charge in [0.1, 0.15) is 0 Å². The number of carbonyl (C=O) groups is 2. The molecule has 1 fully saturated rings. The van der Waals surface area contributed by atoms with E-state index in [9.17, 15) is 9.59 Å². The Balaban J connectivity index is 1.42. The van der Waals surface area contributed by atoms with E-state index in [2.05, 4.69) is 15.4 Å². The number of hydrogen-bond donors (Lipinski definition) is 2. The van der Waals surface area contributed by atoms with E-state index in [0.717, 1.165) is 18.4 Å². The van der Waals surface area contributed by atoms with Gasteiger partial charge in [0.15, 0.2) is 17.1 Å². The number of nitrogens with zero attached hydrogens (tertiary/aromatic N) is 4. The highest BCUT2D eigenvalue weighted by molar-refractivity contribution is 5.94. The van der Waals surface area contributed by atoms with Gasteiger partial charge in [-0.15, -0.1) is 0 Å². The van der Waals surface area contributed by atoms with Gasteiger partial charge in [0.25, 0.3) is 11.8 Å². The number of furan rings is 1. The Bertz CT molecular complexity index is 982. The molecule has 1 unspecified atom stereocenters. The van der Waals surface area contributed by atoms with Crippen LogP contribution in [0.1, 0.15) is 39.4 Å². The van der Waals surface area contributed by atoms with Crippen molar-refractivity contribution in [2.24, 2.45) is 0 Å². The van der Waals surface area contributed by atoms with E-state index in [0.29, 0.717) is 30.9 Å². The summed E-state index contributed by atoms with van der Waals surface area (Å²) >= 11 is 0. The monoisotopic (exact) mass is 383 g/mol. The Labute approximate surface area is 161 Å². The molecule has 1 aliphatic rings. The molecule has 1 atom stereocenters. The van der Waals surface area contributed by atoms with Gasteiger partial charge < -0.3 is 19.7 Å². The maximum atomic E-state index is 12.6. The highest BCUT2D eigenvalue weighted by Gasteiger charge is 2.27. The third-order valence-electron chi connectivity index (χ3n) is 4.78. The number of piperidine rings is 1. The predicted molar refractivity (Wildman–Crippen MR) is 98.9 cm³/mol. The summed E-state index contributed by atoms with van der Waals surface area (Å²) in [5.74, 6) is -0.166. The number of rotatable bonds is 5. The molecule has 9 nitrogen and oxygen atoms in total. The van der Waals surface area contributed by atoms with Crippen LogP contribution in [0.15, 0.2) is 41.3 Å². The zero-order chi connectivity index (χ0) is 19.5. The van der Waals surface area contributed by atoms with Gasteiger partial charge in [-0.05, 0) is 37.0 Å². The molecule has 3 aromatic heterocycles. The molecule has 2 N–H and O–H groups in total. The van der Waals surface area contributed by atoms with Gasteiger partial charge in [0.05, 0.1) is 6.26 Å². The molecule has 0 spiro atoms. The molecule has 2 amide bonds. The topological polar surface area (TPSA) is 113 Å². The molecule has 28 heavy (non-hydrogen) atoms. The van der Waals surface area contributed by atoms with E-state index < -0.39 is 0 Å². The van der Waals surface area contributed by atoms with Gasteiger partial charge in [-0.2, -0.15) is 5.10 Å². The molecule has 9 heteroatoms. The molecule has 0 aliphatic carbocycles. The number of aliphatic hydroxyl groups is 1. The second-order valence-corrected chi connectivity index (χ2v) is 6.81. The number of aliphatic hydroxyl groups excluding tert-OH is 1. The van der Waals surface area contributed by atoms with Crippen molar-refractivity contribution in [2.45, 2.75) is 25.3 Å². The van der Waals surface area contributed by atoms with Gasteiger partial charge in [-0.25, -0.2) is 9.50 Å². The van der Waals surface area contributed by atoms with Crippen LogP contribution >= 0.6 is 0 Å². The van der Waals surface area contributed by atoms with E-state index in [1.165, 1.54) is 10.8 Å². The number of fused-ring (bicyclic) bond motifs is 1. The Morgan fingerprint density at radius 2 is 2.29 bits per heavy atom. The van der Waals surface area contributed by atoms with Gasteiger partial charge in [0.2, 0.25) is 0 Å². The van der Waals surface area contributed by atoms with Crippen molar-refractivity contribution in [1.82, 2.24) is 24.8 Å². The fraction of sp³-hybridized carbons (Fsp3) is 0.368. The Morgan fingerprint density at radius 1 is 1.39 bits per heavy atom. The second kappa shape index (κ2) is 7.81. The highest BCUT2D eigenvalue weighted by Crippen LogP contribution is 2.15. The van der Waals surface area contributed by atoms with Gasteiger partial charge in [-0.3, -0.25) is 9.59 Å². The van der Waals surface area contributed by atoms with E-state index in [-0.39, 0.29) is 30.2 Å². The van der Waals surface area contributed by atoms with Crippen molar-refractivity contribution in [1.29, 1.82) is 0 Å². The van der Waals surface area contributed by atoms with Crippen LogP contribution in [0.2, 0.25) is 0 Å². The van der Waals surface area contributed by atoms with Crippen molar-refractivity contribution in [3.63, 3.8) is 0 Å². The van der Waals surface area contributed by atoms with E-state index in [1.807, 2.05) is 0 Å². The summed E-state index contributed by atoms with van der Waals surface area (Å²) in [6.07, 6.45) is 6.95. The van der Waals surface area contributed by atoms with Gasteiger partial charge >= 0.3 is 0 Å². The molecular weight excluding hydrogens is 362 g/mol. The minimum absolute atomic E-state index is 0.0245. The summed E-state index contributed by atoms with van der Waals surface area (Å²) < 4.78 is 6.72. The zero-order valence-corrected chi connectivity index (χ0v) is 15.2. The largest absolute Gasteiger partial charge is 0.459 e. The molecule has 4 heterocycles. The Hall–Kier alpha value is -3.20. The molecule has 0 bridgehead atoms. The van der Waals surface area contributed by atoms with Crippen LogP contribution in [0.5, 0.6) is 0 Å². The maximum absolute atomic E-state index is 12.6. The number of amides is 2. The summed E-state index contributed by atoms with van der Waals surface area (Å²) in [4.78, 5) is 31.0. The van der Waals surface area contributed by atoms with Crippen molar-refractivity contribution in [3.05, 3.63) is 53.9 Å². The van der Waals surface area contributed by atoms with Crippen LogP contribution < -0.4 is 5.32 Å². The molecule has 1 aliphatic heterocycles. The number of nitrogens with one attached hydrogen (secondary N) is 1. The standard InChI is InChI=1S/C19H21N5O4/c25-7-5-13-10-20-17-9-15(22-24(17)11-13)18(26)21-14-3-1-6-23(12-14)19(27)16-4-2-8-28-16/h2,4,8-11,14,25H,1,3,5-7,12H2,(H,21,26). The normalized spacial score (nSPS) is 17.0. The Kier molecular flexibility index (Phi) is 5.07. The molecule has 4 rings (SSSR count). The number of hydrogen-bond acceptors (Lipinski definition) is 6. The lowest BCUT2D eigenvalue weighted by Gasteiger charge is -2.32. The lowest BCUT2D eigenvalue weighted by Crippen LogP contribution is -2.49. The average molecular weight is 383 g/mol. The maximum Gasteiger partial charge on any atom is 0.289 e. The average Bonchev–Trinajstić information content (AvgIpc) is 3.37. The fourth-order valence-corrected chi connectivity index (χ4v) is 3.38. The van der Waals surface area contributed by atoms with Crippen molar-refractivity contribution < 1.29 is 19.1 Å². The van der Waals surface area contributed by atoms with Crippen molar-refractivity contribution in [2.75, 3.05) is 19.7 Å². The molecule has 1 saturated heterocycles. The third kappa shape index (κ3) is 3.74. The summed E-state index contributed by atoms with van der Waals surface area (Å²) in [7, 11) is 0. The van der Waals surface area contributed by atoms with E-state index >= 15 is 0 Å². The SMILES string of the molecule is O=C(NC1CCCN(C(=O)c2ccco2)C1)c1cc2ncc(CCO)cn2n1. The minimum atomic E-state index is -0.300. The summed E-state index contributed by atoms with van der Waals surface area (Å²) in [6.45, 7) is 1.09.